The second-order valence-electron chi connectivity index (χ2n) is 6.30. The third-order valence-corrected chi connectivity index (χ3v) is 4.92. The van der Waals surface area contributed by atoms with Crippen molar-refractivity contribution < 1.29 is 4.79 Å². The van der Waals surface area contributed by atoms with Crippen molar-refractivity contribution in [1.29, 1.82) is 0 Å². The van der Waals surface area contributed by atoms with E-state index in [1.54, 1.807) is 11.8 Å². The number of amides is 1. The van der Waals surface area contributed by atoms with E-state index in [1.807, 2.05) is 57.5 Å². The SMILES string of the molecule is CC(=O)N(Cn1nc(C)cc1C)C1C(C)=CC=C(C)C1(C)Cl. The molecule has 0 radical (unpaired) electrons. The van der Waals surface area contributed by atoms with E-state index in [2.05, 4.69) is 5.10 Å². The number of hydrogen-bond acceptors (Lipinski definition) is 2. The van der Waals surface area contributed by atoms with E-state index in [1.165, 1.54) is 0 Å². The van der Waals surface area contributed by atoms with E-state index in [9.17, 15) is 4.79 Å². The molecule has 5 heteroatoms. The maximum atomic E-state index is 12.3. The predicted octanol–water partition coefficient (Wildman–Crippen LogP) is 3.58. The van der Waals surface area contributed by atoms with Crippen molar-refractivity contribution in [2.75, 3.05) is 0 Å². The summed E-state index contributed by atoms with van der Waals surface area (Å²) in [7, 11) is 0. The van der Waals surface area contributed by atoms with Crippen LogP contribution in [0.25, 0.3) is 0 Å². The van der Waals surface area contributed by atoms with Crippen molar-refractivity contribution in [3.63, 3.8) is 0 Å². The van der Waals surface area contributed by atoms with Crippen LogP contribution in [0.2, 0.25) is 0 Å². The predicted molar refractivity (Wildman–Crippen MR) is 89.8 cm³/mol. The van der Waals surface area contributed by atoms with Gasteiger partial charge in [-0.1, -0.05) is 17.7 Å². The Morgan fingerprint density at radius 3 is 2.50 bits per heavy atom. The number of carbonyl (C=O) groups excluding carboxylic acids is 1. The minimum absolute atomic E-state index is 0.00752. The molecule has 1 aromatic rings. The number of hydrogen-bond donors (Lipinski definition) is 0. The number of aryl methyl sites for hydroxylation is 2. The minimum atomic E-state index is -0.611. The molecule has 22 heavy (non-hydrogen) atoms. The van der Waals surface area contributed by atoms with Crippen molar-refractivity contribution in [2.24, 2.45) is 0 Å². The monoisotopic (exact) mass is 321 g/mol. The second kappa shape index (κ2) is 5.92. The van der Waals surface area contributed by atoms with Crippen LogP contribution < -0.4 is 0 Å². The molecule has 120 valence electrons. The van der Waals surface area contributed by atoms with E-state index in [0.29, 0.717) is 6.67 Å². The highest BCUT2D eigenvalue weighted by Crippen LogP contribution is 2.38. The van der Waals surface area contributed by atoms with E-state index >= 15 is 0 Å². The van der Waals surface area contributed by atoms with Crippen LogP contribution in [0.4, 0.5) is 0 Å². The normalized spacial score (nSPS) is 24.8. The number of nitrogens with zero attached hydrogens (tertiary/aromatic N) is 3. The van der Waals surface area contributed by atoms with Crippen molar-refractivity contribution in [3.05, 3.63) is 40.8 Å². The lowest BCUT2D eigenvalue weighted by atomic mass is 9.83. The molecule has 1 aliphatic carbocycles. The van der Waals surface area contributed by atoms with Crippen molar-refractivity contribution in [3.8, 4) is 0 Å². The summed E-state index contributed by atoms with van der Waals surface area (Å²) in [5, 5.41) is 4.46. The van der Waals surface area contributed by atoms with Crippen LogP contribution in [0, 0.1) is 13.8 Å². The molecule has 0 aliphatic heterocycles. The summed E-state index contributed by atoms with van der Waals surface area (Å²) >= 11 is 6.80. The molecular weight excluding hydrogens is 298 g/mol. The van der Waals surface area contributed by atoms with Gasteiger partial charge < -0.3 is 4.90 Å². The molecule has 1 aromatic heterocycles. The van der Waals surface area contributed by atoms with Gasteiger partial charge in [0.05, 0.1) is 16.6 Å². The van der Waals surface area contributed by atoms with Gasteiger partial charge in [0.15, 0.2) is 0 Å². The molecule has 4 nitrogen and oxygen atoms in total. The van der Waals surface area contributed by atoms with Gasteiger partial charge in [-0.15, -0.1) is 11.6 Å². The Bertz CT molecular complexity index is 655. The number of allylic oxidation sites excluding steroid dienone is 2. The lowest BCUT2D eigenvalue weighted by Gasteiger charge is -2.43. The molecular formula is C17H24ClN3O. The quantitative estimate of drug-likeness (QED) is 0.798. The third kappa shape index (κ3) is 2.98. The zero-order chi connectivity index (χ0) is 16.7. The van der Waals surface area contributed by atoms with Gasteiger partial charge in [-0.2, -0.15) is 5.10 Å². The first-order valence-electron chi connectivity index (χ1n) is 7.47. The Morgan fingerprint density at radius 1 is 1.36 bits per heavy atom. The molecule has 0 bridgehead atoms. The summed E-state index contributed by atoms with van der Waals surface area (Å²) in [6.07, 6.45) is 4.07. The first kappa shape index (κ1) is 16.8. The molecule has 2 atom stereocenters. The molecule has 1 heterocycles. The van der Waals surface area contributed by atoms with Crippen molar-refractivity contribution >= 4 is 17.5 Å². The second-order valence-corrected chi connectivity index (χ2v) is 7.08. The van der Waals surface area contributed by atoms with Gasteiger partial charge in [0.1, 0.15) is 6.67 Å². The summed E-state index contributed by atoms with van der Waals surface area (Å²) in [4.78, 5) is 13.5. The molecule has 0 aromatic carbocycles. The molecule has 2 unspecified atom stereocenters. The van der Waals surface area contributed by atoms with Gasteiger partial charge in [0.2, 0.25) is 5.91 Å². The van der Waals surface area contributed by atoms with Crippen molar-refractivity contribution in [2.45, 2.75) is 59.1 Å². The van der Waals surface area contributed by atoms with Crippen LogP contribution in [0.5, 0.6) is 0 Å². The highest BCUT2D eigenvalue weighted by molar-refractivity contribution is 6.26. The molecule has 0 saturated heterocycles. The first-order chi connectivity index (χ1) is 10.1. The number of alkyl halides is 1. The Morgan fingerprint density at radius 2 is 2.00 bits per heavy atom. The summed E-state index contributed by atoms with van der Waals surface area (Å²) < 4.78 is 1.85. The van der Waals surface area contributed by atoms with Gasteiger partial charge in [-0.05, 0) is 46.3 Å². The zero-order valence-corrected chi connectivity index (χ0v) is 14.9. The first-order valence-corrected chi connectivity index (χ1v) is 7.85. The summed E-state index contributed by atoms with van der Waals surface area (Å²) in [5.41, 5.74) is 4.12. The maximum Gasteiger partial charge on any atom is 0.221 e. The van der Waals surface area contributed by atoms with Crippen LogP contribution in [-0.4, -0.2) is 31.5 Å². The molecule has 0 spiro atoms. The van der Waals surface area contributed by atoms with E-state index in [4.69, 9.17) is 11.6 Å². The number of carbonyl (C=O) groups is 1. The Kier molecular flexibility index (Phi) is 4.52. The average molecular weight is 322 g/mol. The highest BCUT2D eigenvalue weighted by atomic mass is 35.5. The van der Waals surface area contributed by atoms with E-state index in [0.717, 1.165) is 22.5 Å². The molecule has 0 saturated carbocycles. The molecule has 2 rings (SSSR count). The summed E-state index contributed by atoms with van der Waals surface area (Å²) in [5.74, 6) is -0.00752. The fraction of sp³-hybridized carbons (Fsp3) is 0.529. The van der Waals surface area contributed by atoms with Crippen LogP contribution in [0.15, 0.2) is 29.4 Å². The molecule has 1 amide bonds. The average Bonchev–Trinajstić information content (AvgIpc) is 2.71. The van der Waals surface area contributed by atoms with Crippen LogP contribution >= 0.6 is 11.6 Å². The van der Waals surface area contributed by atoms with Gasteiger partial charge >= 0.3 is 0 Å². The van der Waals surface area contributed by atoms with Crippen molar-refractivity contribution in [1.82, 2.24) is 14.7 Å². The molecule has 1 aliphatic rings. The summed E-state index contributed by atoms with van der Waals surface area (Å²) in [6.45, 7) is 11.9. The highest BCUT2D eigenvalue weighted by Gasteiger charge is 2.41. The lowest BCUT2D eigenvalue weighted by molar-refractivity contribution is -0.133. The minimum Gasteiger partial charge on any atom is -0.314 e. The van der Waals surface area contributed by atoms with Gasteiger partial charge in [0.25, 0.3) is 0 Å². The van der Waals surface area contributed by atoms with Crippen LogP contribution in [0.3, 0.4) is 0 Å². The largest absolute Gasteiger partial charge is 0.314 e. The Balaban J connectivity index is 2.40. The Hall–Kier alpha value is -1.55. The fourth-order valence-corrected chi connectivity index (χ4v) is 3.37. The van der Waals surface area contributed by atoms with Gasteiger partial charge in [0, 0.05) is 12.6 Å². The maximum absolute atomic E-state index is 12.3. The Labute approximate surface area is 137 Å². The standard InChI is InChI=1S/C17H24ClN3O/c1-11-7-8-12(2)17(6,18)16(11)20(15(5)22)10-21-14(4)9-13(3)19-21/h7-9,16H,10H2,1-6H3. The fourth-order valence-electron chi connectivity index (χ4n) is 3.02. The molecule has 0 N–H and O–H groups in total. The van der Waals surface area contributed by atoms with Gasteiger partial charge in [-0.3, -0.25) is 4.79 Å². The van der Waals surface area contributed by atoms with E-state index < -0.39 is 4.87 Å². The van der Waals surface area contributed by atoms with E-state index in [-0.39, 0.29) is 11.9 Å². The smallest absolute Gasteiger partial charge is 0.221 e. The number of aromatic nitrogens is 2. The number of halogens is 1. The summed E-state index contributed by atoms with van der Waals surface area (Å²) in [6, 6.07) is 1.83. The number of rotatable bonds is 3. The van der Waals surface area contributed by atoms with Crippen LogP contribution in [-0.2, 0) is 11.5 Å². The lowest BCUT2D eigenvalue weighted by Crippen LogP contribution is -2.52. The van der Waals surface area contributed by atoms with Crippen LogP contribution in [0.1, 0.15) is 39.1 Å². The zero-order valence-electron chi connectivity index (χ0n) is 14.1. The van der Waals surface area contributed by atoms with Gasteiger partial charge in [-0.25, -0.2) is 4.68 Å². The third-order valence-electron chi connectivity index (χ3n) is 4.42. The molecule has 0 fully saturated rings. The topological polar surface area (TPSA) is 38.1 Å².